The highest BCUT2D eigenvalue weighted by molar-refractivity contribution is 5.78. The molecule has 0 amide bonds. The molecule has 17 heavy (non-hydrogen) atoms. The molecule has 2 N–H and O–H groups in total. The fraction of sp³-hybridized carbons (Fsp3) is 0.500. The standard InChI is InChI=1S/C14H19NO2/c1-10(2)11-3-5-12(6-4-11)15-9-14(7-8-14)13(16)17/h3-6,10,15H,7-9H2,1-2H3,(H,16,17). The largest absolute Gasteiger partial charge is 0.481 e. The highest BCUT2D eigenvalue weighted by Gasteiger charge is 2.49. The zero-order valence-electron chi connectivity index (χ0n) is 10.4. The summed E-state index contributed by atoms with van der Waals surface area (Å²) in [5.74, 6) is -0.151. The van der Waals surface area contributed by atoms with Crippen molar-refractivity contribution in [3.8, 4) is 0 Å². The second kappa shape index (κ2) is 4.40. The molecular formula is C14H19NO2. The fourth-order valence-electron chi connectivity index (χ4n) is 1.87. The van der Waals surface area contributed by atoms with Gasteiger partial charge in [-0.2, -0.15) is 0 Å². The van der Waals surface area contributed by atoms with Crippen molar-refractivity contribution >= 4 is 11.7 Å². The number of hydrogen-bond donors (Lipinski definition) is 2. The summed E-state index contributed by atoms with van der Waals surface area (Å²) < 4.78 is 0. The van der Waals surface area contributed by atoms with Gasteiger partial charge in [-0.1, -0.05) is 26.0 Å². The zero-order valence-corrected chi connectivity index (χ0v) is 10.4. The van der Waals surface area contributed by atoms with Crippen LogP contribution in [-0.2, 0) is 4.79 Å². The van der Waals surface area contributed by atoms with Gasteiger partial charge in [0.15, 0.2) is 0 Å². The molecule has 3 nitrogen and oxygen atoms in total. The third-order valence-corrected chi connectivity index (χ3v) is 3.52. The lowest BCUT2D eigenvalue weighted by Crippen LogP contribution is -2.24. The van der Waals surface area contributed by atoms with Crippen LogP contribution < -0.4 is 5.32 Å². The van der Waals surface area contributed by atoms with Gasteiger partial charge < -0.3 is 10.4 Å². The molecule has 92 valence electrons. The van der Waals surface area contributed by atoms with Gasteiger partial charge in [0.05, 0.1) is 5.41 Å². The monoisotopic (exact) mass is 233 g/mol. The van der Waals surface area contributed by atoms with E-state index in [1.165, 1.54) is 5.56 Å². The number of rotatable bonds is 5. The maximum atomic E-state index is 11.0. The fourth-order valence-corrected chi connectivity index (χ4v) is 1.87. The van der Waals surface area contributed by atoms with E-state index in [-0.39, 0.29) is 0 Å². The first-order chi connectivity index (χ1) is 8.03. The van der Waals surface area contributed by atoms with E-state index in [4.69, 9.17) is 5.11 Å². The number of carbonyl (C=O) groups is 1. The summed E-state index contributed by atoms with van der Waals surface area (Å²) in [6.45, 7) is 4.85. The maximum absolute atomic E-state index is 11.0. The van der Waals surface area contributed by atoms with Crippen molar-refractivity contribution in [1.29, 1.82) is 0 Å². The second-order valence-corrected chi connectivity index (χ2v) is 5.22. The summed E-state index contributed by atoms with van der Waals surface area (Å²) in [5.41, 5.74) is 1.80. The number of anilines is 1. The Hall–Kier alpha value is -1.51. The molecule has 0 unspecified atom stereocenters. The normalized spacial score (nSPS) is 16.9. The van der Waals surface area contributed by atoms with Gasteiger partial charge in [-0.05, 0) is 36.5 Å². The van der Waals surface area contributed by atoms with Crippen LogP contribution in [0.3, 0.4) is 0 Å². The summed E-state index contributed by atoms with van der Waals surface area (Å²) in [5, 5.41) is 12.3. The lowest BCUT2D eigenvalue weighted by molar-refractivity contribution is -0.142. The Morgan fingerprint density at radius 2 is 1.94 bits per heavy atom. The SMILES string of the molecule is CC(C)c1ccc(NCC2(C(=O)O)CC2)cc1. The van der Waals surface area contributed by atoms with Crippen molar-refractivity contribution in [2.24, 2.45) is 5.41 Å². The topological polar surface area (TPSA) is 49.3 Å². The zero-order chi connectivity index (χ0) is 12.5. The van der Waals surface area contributed by atoms with E-state index >= 15 is 0 Å². The van der Waals surface area contributed by atoms with Gasteiger partial charge in [0.25, 0.3) is 0 Å². The Morgan fingerprint density at radius 1 is 1.35 bits per heavy atom. The van der Waals surface area contributed by atoms with Crippen LogP contribution in [-0.4, -0.2) is 17.6 Å². The van der Waals surface area contributed by atoms with Crippen LogP contribution in [0.25, 0.3) is 0 Å². The lowest BCUT2D eigenvalue weighted by atomic mass is 10.0. The van der Waals surface area contributed by atoms with Gasteiger partial charge in [-0.3, -0.25) is 4.79 Å². The van der Waals surface area contributed by atoms with E-state index in [0.717, 1.165) is 18.5 Å². The molecule has 0 heterocycles. The average molecular weight is 233 g/mol. The van der Waals surface area contributed by atoms with Crippen LogP contribution in [0.2, 0.25) is 0 Å². The summed E-state index contributed by atoms with van der Waals surface area (Å²) >= 11 is 0. The van der Waals surface area contributed by atoms with Crippen LogP contribution in [0.1, 0.15) is 38.2 Å². The third kappa shape index (κ3) is 2.60. The maximum Gasteiger partial charge on any atom is 0.311 e. The number of carboxylic acids is 1. The minimum atomic E-state index is -0.677. The van der Waals surface area contributed by atoms with Crippen molar-refractivity contribution in [1.82, 2.24) is 0 Å². The van der Waals surface area contributed by atoms with Gasteiger partial charge in [0.2, 0.25) is 0 Å². The smallest absolute Gasteiger partial charge is 0.311 e. The van der Waals surface area contributed by atoms with Crippen molar-refractivity contribution in [2.45, 2.75) is 32.6 Å². The summed E-state index contributed by atoms with van der Waals surface area (Å²) in [6.07, 6.45) is 1.58. The average Bonchev–Trinajstić information content (AvgIpc) is 3.08. The molecule has 1 aromatic rings. The molecule has 0 aromatic heterocycles. The van der Waals surface area contributed by atoms with Gasteiger partial charge in [0.1, 0.15) is 0 Å². The molecule has 3 heteroatoms. The van der Waals surface area contributed by atoms with Gasteiger partial charge in [0, 0.05) is 12.2 Å². The highest BCUT2D eigenvalue weighted by atomic mass is 16.4. The molecule has 0 bridgehead atoms. The first kappa shape index (κ1) is 12.0. The Bertz CT molecular complexity index is 405. The van der Waals surface area contributed by atoms with E-state index in [2.05, 4.69) is 31.3 Å². The number of aliphatic carboxylic acids is 1. The van der Waals surface area contributed by atoms with E-state index in [0.29, 0.717) is 12.5 Å². The third-order valence-electron chi connectivity index (χ3n) is 3.52. The first-order valence-corrected chi connectivity index (χ1v) is 6.11. The molecule has 1 aromatic carbocycles. The van der Waals surface area contributed by atoms with Gasteiger partial charge in [-0.25, -0.2) is 0 Å². The second-order valence-electron chi connectivity index (χ2n) is 5.22. The Kier molecular flexibility index (Phi) is 3.09. The van der Waals surface area contributed by atoms with Gasteiger partial charge >= 0.3 is 5.97 Å². The van der Waals surface area contributed by atoms with Crippen LogP contribution in [0, 0.1) is 5.41 Å². The van der Waals surface area contributed by atoms with E-state index in [1.807, 2.05) is 12.1 Å². The molecule has 1 aliphatic rings. The van der Waals surface area contributed by atoms with E-state index < -0.39 is 11.4 Å². The molecule has 1 fully saturated rings. The molecule has 0 atom stereocenters. The quantitative estimate of drug-likeness (QED) is 0.821. The molecular weight excluding hydrogens is 214 g/mol. The minimum Gasteiger partial charge on any atom is -0.481 e. The number of carboxylic acid groups (broad SMARTS) is 1. The highest BCUT2D eigenvalue weighted by Crippen LogP contribution is 2.45. The molecule has 0 aliphatic heterocycles. The Morgan fingerprint density at radius 3 is 2.35 bits per heavy atom. The van der Waals surface area contributed by atoms with Crippen molar-refractivity contribution < 1.29 is 9.90 Å². The number of nitrogens with one attached hydrogen (secondary N) is 1. The summed E-state index contributed by atoms with van der Waals surface area (Å²) in [6, 6.07) is 8.22. The molecule has 1 saturated carbocycles. The molecule has 2 rings (SSSR count). The lowest BCUT2D eigenvalue weighted by Gasteiger charge is -2.13. The minimum absolute atomic E-state index is 0.503. The van der Waals surface area contributed by atoms with Gasteiger partial charge in [-0.15, -0.1) is 0 Å². The van der Waals surface area contributed by atoms with Crippen LogP contribution in [0.5, 0.6) is 0 Å². The summed E-state index contributed by atoms with van der Waals surface area (Å²) in [7, 11) is 0. The van der Waals surface area contributed by atoms with Crippen LogP contribution >= 0.6 is 0 Å². The van der Waals surface area contributed by atoms with Crippen LogP contribution in [0.4, 0.5) is 5.69 Å². The molecule has 0 saturated heterocycles. The Balaban J connectivity index is 1.94. The summed E-state index contributed by atoms with van der Waals surface area (Å²) in [4.78, 5) is 11.0. The van der Waals surface area contributed by atoms with Crippen LogP contribution in [0.15, 0.2) is 24.3 Å². The van der Waals surface area contributed by atoms with Crippen molar-refractivity contribution in [3.05, 3.63) is 29.8 Å². The predicted octanol–water partition coefficient (Wildman–Crippen LogP) is 3.09. The van der Waals surface area contributed by atoms with E-state index in [1.54, 1.807) is 0 Å². The molecule has 1 aliphatic carbocycles. The van der Waals surface area contributed by atoms with E-state index in [9.17, 15) is 4.79 Å². The predicted molar refractivity (Wildman–Crippen MR) is 68.3 cm³/mol. The Labute approximate surface area is 102 Å². The molecule has 0 radical (unpaired) electrons. The molecule has 0 spiro atoms. The van der Waals surface area contributed by atoms with Crippen molar-refractivity contribution in [2.75, 3.05) is 11.9 Å². The first-order valence-electron chi connectivity index (χ1n) is 6.11. The van der Waals surface area contributed by atoms with Crippen molar-refractivity contribution in [3.63, 3.8) is 0 Å². The number of hydrogen-bond acceptors (Lipinski definition) is 2. The number of benzene rings is 1.